The summed E-state index contributed by atoms with van der Waals surface area (Å²) in [7, 11) is 0. The lowest BCUT2D eigenvalue weighted by Gasteiger charge is -2.14. The molecule has 0 radical (unpaired) electrons. The van der Waals surface area contributed by atoms with Gasteiger partial charge in [0.15, 0.2) is 5.69 Å². The molecule has 0 saturated heterocycles. The predicted octanol–water partition coefficient (Wildman–Crippen LogP) is 3.22. The molecule has 0 saturated carbocycles. The Morgan fingerprint density at radius 3 is 2.61 bits per heavy atom. The molecule has 14 heteroatoms. The molecule has 194 valence electrons. The Labute approximate surface area is 207 Å². The quantitative estimate of drug-likeness (QED) is 0.276. The van der Waals surface area contributed by atoms with Crippen LogP contribution >= 0.6 is 11.3 Å². The van der Waals surface area contributed by atoms with Gasteiger partial charge in [0.25, 0.3) is 11.8 Å². The van der Waals surface area contributed by atoms with E-state index in [1.165, 1.54) is 40.4 Å². The number of carbonyl (C=O) groups excluding carboxylic acids is 2. The minimum Gasteiger partial charge on any atom is -0.489 e. The molecule has 2 N–H and O–H groups in total. The number of aryl methyl sites for hydroxylation is 1. The molecule has 0 aliphatic rings. The first-order valence-electron chi connectivity index (χ1n) is 10.7. The maximum absolute atomic E-state index is 12.5. The third-order valence-electron chi connectivity index (χ3n) is 4.73. The Morgan fingerprint density at radius 1 is 1.11 bits per heavy atom. The number of hydrogen-bond acceptors (Lipinski definition) is 7. The van der Waals surface area contributed by atoms with Gasteiger partial charge in [-0.05, 0) is 42.1 Å². The summed E-state index contributed by atoms with van der Waals surface area (Å²) in [5.41, 5.74) is 1.26. The van der Waals surface area contributed by atoms with Gasteiger partial charge in [0.2, 0.25) is 0 Å². The highest BCUT2D eigenvalue weighted by Crippen LogP contribution is 2.25. The average molecular weight is 530 g/mol. The molecule has 3 aromatic rings. The first kappa shape index (κ1) is 27.1. The lowest BCUT2D eigenvalue weighted by atomic mass is 10.1. The highest BCUT2D eigenvalue weighted by Gasteiger charge is 2.28. The summed E-state index contributed by atoms with van der Waals surface area (Å²) in [6.45, 7) is -0.0362. The van der Waals surface area contributed by atoms with Gasteiger partial charge in [-0.1, -0.05) is 5.21 Å². The van der Waals surface area contributed by atoms with Crippen LogP contribution in [0.5, 0.6) is 5.75 Å². The monoisotopic (exact) mass is 529 g/mol. The number of alkyl halides is 4. The standard InChI is InChI=1S/C22H23F4N5O4S/c1-14-4-9-36-19(14)11-27-21(33)16-12-31(30-29-16)17-3-2-15(20(32)28-13-22(24,25)26)10-18(17)35-8-7-34-6-5-23/h2-4,9-10,12H,5-8,11,13H2,1H3,(H,27,33)(H,28,32). The molecule has 0 aliphatic heterocycles. The van der Waals surface area contributed by atoms with Crippen LogP contribution in [0.3, 0.4) is 0 Å². The molecule has 0 atom stereocenters. The van der Waals surface area contributed by atoms with E-state index in [0.29, 0.717) is 6.54 Å². The zero-order valence-corrected chi connectivity index (χ0v) is 19.9. The zero-order chi connectivity index (χ0) is 26.1. The van der Waals surface area contributed by atoms with Gasteiger partial charge >= 0.3 is 6.18 Å². The normalized spacial score (nSPS) is 11.4. The fraction of sp³-hybridized carbons (Fsp3) is 0.364. The number of nitrogens with one attached hydrogen (secondary N) is 2. The highest BCUT2D eigenvalue weighted by molar-refractivity contribution is 7.10. The Balaban J connectivity index is 1.76. The molecule has 1 aromatic carbocycles. The van der Waals surface area contributed by atoms with Gasteiger partial charge < -0.3 is 20.1 Å². The number of carbonyl (C=O) groups is 2. The fourth-order valence-corrected chi connectivity index (χ4v) is 3.78. The van der Waals surface area contributed by atoms with E-state index in [4.69, 9.17) is 9.47 Å². The minimum atomic E-state index is -4.57. The largest absolute Gasteiger partial charge is 0.489 e. The van der Waals surface area contributed by atoms with E-state index in [1.807, 2.05) is 18.4 Å². The molecule has 2 aromatic heterocycles. The molecule has 0 aliphatic carbocycles. The van der Waals surface area contributed by atoms with Crippen molar-refractivity contribution in [2.24, 2.45) is 0 Å². The zero-order valence-electron chi connectivity index (χ0n) is 19.1. The topological polar surface area (TPSA) is 107 Å². The summed E-state index contributed by atoms with van der Waals surface area (Å²) < 4.78 is 61.4. The summed E-state index contributed by atoms with van der Waals surface area (Å²) in [5.74, 6) is -1.34. The molecular weight excluding hydrogens is 506 g/mol. The molecule has 0 spiro atoms. The van der Waals surface area contributed by atoms with Crippen LogP contribution in [0.15, 0.2) is 35.8 Å². The van der Waals surface area contributed by atoms with Crippen LogP contribution in [-0.4, -0.2) is 66.0 Å². The van der Waals surface area contributed by atoms with Crippen molar-refractivity contribution in [1.82, 2.24) is 25.6 Å². The highest BCUT2D eigenvalue weighted by atomic mass is 32.1. The Kier molecular flexibility index (Phi) is 9.36. The minimum absolute atomic E-state index is 0.0217. The van der Waals surface area contributed by atoms with Crippen molar-refractivity contribution >= 4 is 23.2 Å². The van der Waals surface area contributed by atoms with Crippen molar-refractivity contribution in [3.05, 3.63) is 57.5 Å². The first-order valence-corrected chi connectivity index (χ1v) is 11.6. The van der Waals surface area contributed by atoms with E-state index in [9.17, 15) is 27.2 Å². The summed E-state index contributed by atoms with van der Waals surface area (Å²) in [5, 5.41) is 14.3. The third-order valence-corrected chi connectivity index (χ3v) is 5.75. The number of aromatic nitrogens is 3. The van der Waals surface area contributed by atoms with Crippen LogP contribution in [0.1, 0.15) is 31.3 Å². The SMILES string of the molecule is Cc1ccsc1CNC(=O)c1cn(-c2ccc(C(=O)NCC(F)(F)F)cc2OCCOCCF)nn1. The summed E-state index contributed by atoms with van der Waals surface area (Å²) in [6.07, 6.45) is -3.22. The maximum atomic E-state index is 12.5. The van der Waals surface area contributed by atoms with Gasteiger partial charge in [-0.15, -0.1) is 16.4 Å². The van der Waals surface area contributed by atoms with Gasteiger partial charge in [0.05, 0.1) is 26.0 Å². The van der Waals surface area contributed by atoms with E-state index >= 15 is 0 Å². The molecule has 9 nitrogen and oxygen atoms in total. The summed E-state index contributed by atoms with van der Waals surface area (Å²) in [6, 6.07) is 5.86. The second kappa shape index (κ2) is 12.4. The van der Waals surface area contributed by atoms with Gasteiger partial charge in [0.1, 0.15) is 31.3 Å². The van der Waals surface area contributed by atoms with E-state index in [0.717, 1.165) is 10.4 Å². The molecule has 2 heterocycles. The van der Waals surface area contributed by atoms with Crippen molar-refractivity contribution in [2.45, 2.75) is 19.6 Å². The third kappa shape index (κ3) is 7.75. The van der Waals surface area contributed by atoms with Gasteiger partial charge in [-0.2, -0.15) is 13.2 Å². The lowest BCUT2D eigenvalue weighted by molar-refractivity contribution is -0.123. The van der Waals surface area contributed by atoms with Crippen molar-refractivity contribution in [3.8, 4) is 11.4 Å². The van der Waals surface area contributed by atoms with Crippen LogP contribution in [0.25, 0.3) is 5.69 Å². The number of benzene rings is 1. The number of thiophene rings is 1. The maximum Gasteiger partial charge on any atom is 0.405 e. The van der Waals surface area contributed by atoms with E-state index in [2.05, 4.69) is 15.6 Å². The van der Waals surface area contributed by atoms with E-state index in [1.54, 1.807) is 5.32 Å². The number of halogens is 4. The summed E-state index contributed by atoms with van der Waals surface area (Å²) in [4.78, 5) is 25.7. The van der Waals surface area contributed by atoms with Gasteiger partial charge in [-0.3, -0.25) is 9.59 Å². The van der Waals surface area contributed by atoms with Gasteiger partial charge in [0, 0.05) is 10.4 Å². The predicted molar refractivity (Wildman–Crippen MR) is 122 cm³/mol. The fourth-order valence-electron chi connectivity index (χ4n) is 2.93. The van der Waals surface area contributed by atoms with Crippen LogP contribution in [0.4, 0.5) is 17.6 Å². The lowest BCUT2D eigenvalue weighted by Crippen LogP contribution is -2.33. The molecule has 2 amide bonds. The number of amides is 2. The van der Waals surface area contributed by atoms with Crippen LogP contribution < -0.4 is 15.4 Å². The number of ether oxygens (including phenoxy) is 2. The number of rotatable bonds is 12. The van der Waals surface area contributed by atoms with Crippen molar-refractivity contribution in [1.29, 1.82) is 0 Å². The molecule has 36 heavy (non-hydrogen) atoms. The van der Waals surface area contributed by atoms with Crippen molar-refractivity contribution in [3.63, 3.8) is 0 Å². The molecule has 0 bridgehead atoms. The van der Waals surface area contributed by atoms with Crippen LogP contribution in [-0.2, 0) is 11.3 Å². The van der Waals surface area contributed by atoms with Crippen LogP contribution in [0, 0.1) is 6.92 Å². The Hall–Kier alpha value is -3.52. The molecular formula is C22H23F4N5O4S. The van der Waals surface area contributed by atoms with Crippen molar-refractivity contribution < 1.29 is 36.6 Å². The van der Waals surface area contributed by atoms with Crippen LogP contribution in [0.2, 0.25) is 0 Å². The molecule has 0 fully saturated rings. The van der Waals surface area contributed by atoms with E-state index in [-0.39, 0.29) is 42.5 Å². The van der Waals surface area contributed by atoms with Gasteiger partial charge in [-0.25, -0.2) is 9.07 Å². The number of nitrogens with zero attached hydrogens (tertiary/aromatic N) is 3. The smallest absolute Gasteiger partial charge is 0.405 e. The molecule has 0 unspecified atom stereocenters. The Bertz CT molecular complexity index is 1180. The molecule has 3 rings (SSSR count). The van der Waals surface area contributed by atoms with E-state index < -0.39 is 31.2 Å². The first-order chi connectivity index (χ1) is 17.2. The second-order valence-corrected chi connectivity index (χ2v) is 8.39. The second-order valence-electron chi connectivity index (χ2n) is 7.39. The number of hydrogen-bond donors (Lipinski definition) is 2. The van der Waals surface area contributed by atoms with Crippen molar-refractivity contribution in [2.75, 3.05) is 33.0 Å². The average Bonchev–Trinajstić information content (AvgIpc) is 3.49. The summed E-state index contributed by atoms with van der Waals surface area (Å²) >= 11 is 1.51. The Morgan fingerprint density at radius 2 is 1.92 bits per heavy atom.